The van der Waals surface area contributed by atoms with E-state index >= 15 is 0 Å². The number of carboxylic acids is 1. The van der Waals surface area contributed by atoms with E-state index in [1.54, 1.807) is 0 Å². The van der Waals surface area contributed by atoms with Crippen LogP contribution in [0.3, 0.4) is 0 Å². The van der Waals surface area contributed by atoms with Crippen molar-refractivity contribution in [1.29, 1.82) is 5.26 Å². The number of ether oxygens (including phenoxy) is 3. The molecule has 1 fully saturated rings. The summed E-state index contributed by atoms with van der Waals surface area (Å²) in [6.45, 7) is 0.118. The van der Waals surface area contributed by atoms with Gasteiger partial charge in [0.05, 0.1) is 32.0 Å². The van der Waals surface area contributed by atoms with Gasteiger partial charge in [-0.1, -0.05) is 0 Å². The van der Waals surface area contributed by atoms with E-state index in [1.807, 2.05) is 6.07 Å². The minimum Gasteiger partial charge on any atom is -0.493 e. The molecular formula is C15H16N2O6. The molecule has 0 radical (unpaired) electrons. The Morgan fingerprint density at radius 2 is 2.26 bits per heavy atom. The third-order valence-corrected chi connectivity index (χ3v) is 3.38. The van der Waals surface area contributed by atoms with Crippen molar-refractivity contribution in [1.82, 2.24) is 4.90 Å². The molecule has 1 saturated heterocycles. The molecular weight excluding hydrogens is 304 g/mol. The van der Waals surface area contributed by atoms with Gasteiger partial charge < -0.3 is 24.2 Å². The van der Waals surface area contributed by atoms with Crippen molar-refractivity contribution in [3.8, 4) is 17.6 Å². The van der Waals surface area contributed by atoms with Gasteiger partial charge >= 0.3 is 5.97 Å². The molecule has 0 spiro atoms. The molecule has 23 heavy (non-hydrogen) atoms. The fraction of sp³-hybridized carbons (Fsp3) is 0.400. The predicted molar refractivity (Wildman–Crippen MR) is 77.2 cm³/mol. The van der Waals surface area contributed by atoms with E-state index in [-0.39, 0.29) is 26.4 Å². The first-order chi connectivity index (χ1) is 11.1. The van der Waals surface area contributed by atoms with E-state index in [1.165, 1.54) is 30.2 Å². The third kappa shape index (κ3) is 3.90. The van der Waals surface area contributed by atoms with Crippen LogP contribution in [0.2, 0.25) is 0 Å². The highest BCUT2D eigenvalue weighted by atomic mass is 16.5. The number of carboxylic acid groups (broad SMARTS) is 1. The van der Waals surface area contributed by atoms with Crippen LogP contribution in [0.1, 0.15) is 5.56 Å². The molecule has 0 bridgehead atoms. The molecule has 0 unspecified atom stereocenters. The van der Waals surface area contributed by atoms with Gasteiger partial charge in [0.15, 0.2) is 24.1 Å². The van der Waals surface area contributed by atoms with Crippen LogP contribution in [-0.4, -0.2) is 61.4 Å². The van der Waals surface area contributed by atoms with Crippen molar-refractivity contribution >= 4 is 11.9 Å². The van der Waals surface area contributed by atoms with E-state index in [0.29, 0.717) is 17.1 Å². The number of amides is 1. The lowest BCUT2D eigenvalue weighted by molar-refractivity contribution is -0.159. The average molecular weight is 320 g/mol. The van der Waals surface area contributed by atoms with Crippen LogP contribution >= 0.6 is 0 Å². The first kappa shape index (κ1) is 16.6. The molecule has 1 aromatic rings. The van der Waals surface area contributed by atoms with Gasteiger partial charge in [-0.05, 0) is 12.1 Å². The monoisotopic (exact) mass is 320 g/mol. The number of nitriles is 1. The number of methoxy groups -OCH3 is 1. The predicted octanol–water partition coefficient (Wildman–Crippen LogP) is 0.258. The van der Waals surface area contributed by atoms with Gasteiger partial charge in [0.2, 0.25) is 0 Å². The maximum atomic E-state index is 12.2. The summed E-state index contributed by atoms with van der Waals surface area (Å²) in [5.74, 6) is -0.935. The lowest BCUT2D eigenvalue weighted by Crippen LogP contribution is -2.53. The van der Waals surface area contributed by atoms with Gasteiger partial charge in [0, 0.05) is 12.6 Å². The highest BCUT2D eigenvalue weighted by Gasteiger charge is 2.32. The molecule has 1 atom stereocenters. The quantitative estimate of drug-likeness (QED) is 0.828. The number of carbonyl (C=O) groups excluding carboxylic acids is 1. The van der Waals surface area contributed by atoms with E-state index in [0.717, 1.165) is 0 Å². The number of hydrogen-bond donors (Lipinski definition) is 1. The Labute approximate surface area is 132 Å². The maximum Gasteiger partial charge on any atom is 0.328 e. The molecule has 0 aliphatic carbocycles. The number of morpholine rings is 1. The second kappa shape index (κ2) is 7.47. The lowest BCUT2D eigenvalue weighted by atomic mass is 10.2. The Bertz CT molecular complexity index is 639. The van der Waals surface area contributed by atoms with Crippen molar-refractivity contribution < 1.29 is 28.9 Å². The molecule has 1 aliphatic heterocycles. The molecule has 1 amide bonds. The van der Waals surface area contributed by atoms with Gasteiger partial charge in [-0.3, -0.25) is 4.79 Å². The zero-order chi connectivity index (χ0) is 16.8. The Hall–Kier alpha value is -2.79. The van der Waals surface area contributed by atoms with E-state index < -0.39 is 17.9 Å². The number of nitrogens with zero attached hydrogens (tertiary/aromatic N) is 2. The van der Waals surface area contributed by atoms with E-state index in [9.17, 15) is 9.59 Å². The molecule has 122 valence electrons. The summed E-state index contributed by atoms with van der Waals surface area (Å²) in [4.78, 5) is 24.6. The number of benzene rings is 1. The van der Waals surface area contributed by atoms with Crippen LogP contribution in [0.5, 0.6) is 11.5 Å². The molecule has 8 nitrogen and oxygen atoms in total. The Kier molecular flexibility index (Phi) is 5.38. The minimum absolute atomic E-state index is 0.0404. The second-order valence-electron chi connectivity index (χ2n) is 4.78. The number of rotatable bonds is 5. The topological polar surface area (TPSA) is 109 Å². The van der Waals surface area contributed by atoms with Gasteiger partial charge in [-0.25, -0.2) is 4.79 Å². The second-order valence-corrected chi connectivity index (χ2v) is 4.78. The fourth-order valence-corrected chi connectivity index (χ4v) is 2.19. The van der Waals surface area contributed by atoms with Crippen molar-refractivity contribution in [2.75, 3.05) is 33.5 Å². The SMILES string of the molecule is COc1cc(C#N)ccc1OCC(=O)N1CCOC[C@H]1C(=O)O. The van der Waals surface area contributed by atoms with Crippen LogP contribution in [0.15, 0.2) is 18.2 Å². The van der Waals surface area contributed by atoms with Crippen LogP contribution in [0, 0.1) is 11.3 Å². The van der Waals surface area contributed by atoms with Crippen molar-refractivity contribution in [3.63, 3.8) is 0 Å². The molecule has 8 heteroatoms. The van der Waals surface area contributed by atoms with E-state index in [4.69, 9.17) is 24.6 Å². The summed E-state index contributed by atoms with van der Waals surface area (Å²) in [7, 11) is 1.42. The first-order valence-corrected chi connectivity index (χ1v) is 6.87. The van der Waals surface area contributed by atoms with Crippen molar-refractivity contribution in [3.05, 3.63) is 23.8 Å². The van der Waals surface area contributed by atoms with Gasteiger partial charge in [-0.2, -0.15) is 5.26 Å². The van der Waals surface area contributed by atoms with Crippen molar-refractivity contribution in [2.24, 2.45) is 0 Å². The number of aliphatic carboxylic acids is 1. The molecule has 1 N–H and O–H groups in total. The average Bonchev–Trinajstić information content (AvgIpc) is 2.59. The molecule has 0 saturated carbocycles. The van der Waals surface area contributed by atoms with Crippen LogP contribution in [-0.2, 0) is 14.3 Å². The molecule has 1 aromatic carbocycles. The largest absolute Gasteiger partial charge is 0.493 e. The summed E-state index contributed by atoms with van der Waals surface area (Å²) in [6.07, 6.45) is 0. The normalized spacial score (nSPS) is 17.2. The molecule has 0 aromatic heterocycles. The van der Waals surface area contributed by atoms with Gasteiger partial charge in [-0.15, -0.1) is 0 Å². The van der Waals surface area contributed by atoms with Crippen molar-refractivity contribution in [2.45, 2.75) is 6.04 Å². The molecule has 1 aliphatic rings. The third-order valence-electron chi connectivity index (χ3n) is 3.38. The lowest BCUT2D eigenvalue weighted by Gasteiger charge is -2.32. The zero-order valence-electron chi connectivity index (χ0n) is 12.5. The summed E-state index contributed by atoms with van der Waals surface area (Å²) >= 11 is 0. The standard InChI is InChI=1S/C15H16N2O6/c1-21-13-6-10(7-16)2-3-12(13)23-9-14(18)17-4-5-22-8-11(17)15(19)20/h2-3,6,11H,4-5,8-9H2,1H3,(H,19,20)/t11-/m0/s1. The number of carbonyl (C=O) groups is 2. The molecule has 2 rings (SSSR count). The fourth-order valence-electron chi connectivity index (χ4n) is 2.19. The maximum absolute atomic E-state index is 12.2. The highest BCUT2D eigenvalue weighted by Crippen LogP contribution is 2.27. The van der Waals surface area contributed by atoms with Gasteiger partial charge in [0.25, 0.3) is 5.91 Å². The van der Waals surface area contributed by atoms with Crippen LogP contribution in [0.4, 0.5) is 0 Å². The van der Waals surface area contributed by atoms with Crippen LogP contribution < -0.4 is 9.47 Å². The number of hydrogen-bond acceptors (Lipinski definition) is 6. The first-order valence-electron chi connectivity index (χ1n) is 6.87. The van der Waals surface area contributed by atoms with Crippen LogP contribution in [0.25, 0.3) is 0 Å². The Morgan fingerprint density at radius 3 is 2.91 bits per heavy atom. The Balaban J connectivity index is 2.04. The van der Waals surface area contributed by atoms with E-state index in [2.05, 4.69) is 0 Å². The highest BCUT2D eigenvalue weighted by molar-refractivity contribution is 5.84. The smallest absolute Gasteiger partial charge is 0.328 e. The van der Waals surface area contributed by atoms with Gasteiger partial charge in [0.1, 0.15) is 0 Å². The zero-order valence-corrected chi connectivity index (χ0v) is 12.5. The summed E-state index contributed by atoms with van der Waals surface area (Å²) in [6, 6.07) is 5.52. The molecule has 1 heterocycles. The summed E-state index contributed by atoms with van der Waals surface area (Å²) in [5.41, 5.74) is 0.402. The minimum atomic E-state index is -1.12. The summed E-state index contributed by atoms with van der Waals surface area (Å²) in [5, 5.41) is 18.0. The summed E-state index contributed by atoms with van der Waals surface area (Å²) < 4.78 is 15.6. The Morgan fingerprint density at radius 1 is 1.48 bits per heavy atom.